The van der Waals surface area contributed by atoms with Gasteiger partial charge in [-0.15, -0.1) is 0 Å². The van der Waals surface area contributed by atoms with Gasteiger partial charge in [-0.1, -0.05) is 6.92 Å². The molecule has 1 heterocycles. The topological polar surface area (TPSA) is 60.4 Å². The van der Waals surface area contributed by atoms with E-state index >= 15 is 0 Å². The van der Waals surface area contributed by atoms with Crippen molar-refractivity contribution in [2.24, 2.45) is 0 Å². The first-order chi connectivity index (χ1) is 8.40. The second kappa shape index (κ2) is 4.24. The van der Waals surface area contributed by atoms with Crippen LogP contribution in [0.5, 0.6) is 0 Å². The summed E-state index contributed by atoms with van der Waals surface area (Å²) < 4.78 is 28.6. The van der Waals surface area contributed by atoms with Crippen molar-refractivity contribution in [3.05, 3.63) is 34.2 Å². The summed E-state index contributed by atoms with van der Waals surface area (Å²) in [6.07, 6.45) is 0.642. The largest absolute Gasteiger partial charge is 0.465 e. The number of ether oxygens (including phenoxy) is 1. The van der Waals surface area contributed by atoms with Gasteiger partial charge in [-0.3, -0.25) is 0 Å². The molecule has 0 saturated carbocycles. The highest BCUT2D eigenvalue weighted by atomic mass is 32.2. The number of aryl methyl sites for hydroxylation is 1. The van der Waals surface area contributed by atoms with Gasteiger partial charge in [0.2, 0.25) is 9.84 Å². The SMILES string of the molecule is CCC1=CS(=O)(=O)c2cc(C(=O)OC)c(C)cc21. The van der Waals surface area contributed by atoms with E-state index in [1.165, 1.54) is 18.6 Å². The summed E-state index contributed by atoms with van der Waals surface area (Å²) in [6.45, 7) is 3.67. The number of esters is 1. The number of sulfone groups is 1. The van der Waals surface area contributed by atoms with Gasteiger partial charge in [-0.05, 0) is 42.2 Å². The van der Waals surface area contributed by atoms with Gasteiger partial charge in [0, 0.05) is 5.41 Å². The van der Waals surface area contributed by atoms with Crippen molar-refractivity contribution in [2.75, 3.05) is 7.11 Å². The highest BCUT2D eigenvalue weighted by Crippen LogP contribution is 2.36. The van der Waals surface area contributed by atoms with E-state index in [0.29, 0.717) is 17.5 Å². The van der Waals surface area contributed by atoms with Crippen molar-refractivity contribution < 1.29 is 17.9 Å². The average molecular weight is 266 g/mol. The van der Waals surface area contributed by atoms with E-state index < -0.39 is 15.8 Å². The second-order valence-electron chi connectivity index (χ2n) is 4.20. The maximum absolute atomic E-state index is 12.0. The Morgan fingerprint density at radius 2 is 2.00 bits per heavy atom. The number of rotatable bonds is 2. The van der Waals surface area contributed by atoms with Crippen LogP contribution in [0, 0.1) is 6.92 Å². The lowest BCUT2D eigenvalue weighted by Gasteiger charge is -2.08. The lowest BCUT2D eigenvalue weighted by Crippen LogP contribution is -2.06. The predicted molar refractivity (Wildman–Crippen MR) is 68.0 cm³/mol. The van der Waals surface area contributed by atoms with Crippen LogP contribution in [0.25, 0.3) is 5.57 Å². The standard InChI is InChI=1S/C13H14O4S/c1-4-9-7-18(15,16)12-6-10(13(14)17-3)8(2)5-11(9)12/h5-7H,4H2,1-3H3. The third kappa shape index (κ3) is 1.84. The normalized spacial score (nSPS) is 16.1. The van der Waals surface area contributed by atoms with Gasteiger partial charge in [0.05, 0.1) is 17.6 Å². The lowest BCUT2D eigenvalue weighted by molar-refractivity contribution is 0.0599. The molecule has 0 saturated heterocycles. The molecular formula is C13H14O4S. The Morgan fingerprint density at radius 1 is 1.33 bits per heavy atom. The molecule has 0 spiro atoms. The summed E-state index contributed by atoms with van der Waals surface area (Å²) in [6, 6.07) is 3.15. The van der Waals surface area contributed by atoms with Gasteiger partial charge in [0.15, 0.2) is 0 Å². The maximum atomic E-state index is 12.0. The molecule has 1 aliphatic rings. The number of methoxy groups -OCH3 is 1. The fourth-order valence-corrected chi connectivity index (χ4v) is 3.67. The highest BCUT2D eigenvalue weighted by molar-refractivity contribution is 7.95. The van der Waals surface area contributed by atoms with Crippen LogP contribution in [-0.2, 0) is 14.6 Å². The molecule has 0 fully saturated rings. The molecule has 1 aromatic rings. The lowest BCUT2D eigenvalue weighted by atomic mass is 9.99. The second-order valence-corrected chi connectivity index (χ2v) is 5.96. The van der Waals surface area contributed by atoms with Gasteiger partial charge >= 0.3 is 5.97 Å². The first kappa shape index (κ1) is 12.8. The van der Waals surface area contributed by atoms with Crippen LogP contribution in [0.3, 0.4) is 0 Å². The zero-order chi connectivity index (χ0) is 13.5. The van der Waals surface area contributed by atoms with Crippen LogP contribution < -0.4 is 0 Å². The van der Waals surface area contributed by atoms with Crippen LogP contribution >= 0.6 is 0 Å². The molecule has 0 radical (unpaired) electrons. The van der Waals surface area contributed by atoms with Crippen LogP contribution in [0.4, 0.5) is 0 Å². The first-order valence-corrected chi connectivity index (χ1v) is 7.14. The molecule has 5 heteroatoms. The van der Waals surface area contributed by atoms with Gasteiger partial charge < -0.3 is 4.74 Å². The minimum Gasteiger partial charge on any atom is -0.465 e. The van der Waals surface area contributed by atoms with Crippen molar-refractivity contribution in [3.63, 3.8) is 0 Å². The summed E-state index contributed by atoms with van der Waals surface area (Å²) in [5.74, 6) is -0.518. The van der Waals surface area contributed by atoms with E-state index in [0.717, 1.165) is 11.1 Å². The van der Waals surface area contributed by atoms with Crippen LogP contribution in [0.1, 0.15) is 34.8 Å². The van der Waals surface area contributed by atoms with Crippen molar-refractivity contribution in [1.82, 2.24) is 0 Å². The molecule has 18 heavy (non-hydrogen) atoms. The number of hydrogen-bond donors (Lipinski definition) is 0. The molecule has 1 aliphatic heterocycles. The smallest absolute Gasteiger partial charge is 0.338 e. The highest BCUT2D eigenvalue weighted by Gasteiger charge is 2.28. The molecule has 1 aromatic carbocycles. The molecule has 0 aromatic heterocycles. The Bertz CT molecular complexity index is 654. The molecule has 0 amide bonds. The summed E-state index contributed by atoms with van der Waals surface area (Å²) in [7, 11) is -2.14. The quantitative estimate of drug-likeness (QED) is 0.771. The predicted octanol–water partition coefficient (Wildman–Crippen LogP) is 2.32. The van der Waals surface area contributed by atoms with Crippen LogP contribution in [-0.4, -0.2) is 21.5 Å². The van der Waals surface area contributed by atoms with Crippen molar-refractivity contribution in [3.8, 4) is 0 Å². The van der Waals surface area contributed by atoms with E-state index in [1.54, 1.807) is 13.0 Å². The minimum absolute atomic E-state index is 0.199. The summed E-state index contributed by atoms with van der Waals surface area (Å²) in [5, 5.41) is 1.28. The van der Waals surface area contributed by atoms with E-state index in [-0.39, 0.29) is 4.90 Å². The third-order valence-electron chi connectivity index (χ3n) is 3.06. The van der Waals surface area contributed by atoms with E-state index in [9.17, 15) is 13.2 Å². The molecule has 2 rings (SSSR count). The Kier molecular flexibility index (Phi) is 3.02. The number of carbonyl (C=O) groups excluding carboxylic acids is 1. The molecule has 0 bridgehead atoms. The Labute approximate surface area is 106 Å². The van der Waals surface area contributed by atoms with Gasteiger partial charge in [0.25, 0.3) is 0 Å². The fraction of sp³-hybridized carbons (Fsp3) is 0.308. The molecule has 0 atom stereocenters. The zero-order valence-corrected chi connectivity index (χ0v) is 11.3. The third-order valence-corrected chi connectivity index (χ3v) is 4.61. The Balaban J connectivity index is 2.71. The summed E-state index contributed by atoms with van der Waals surface area (Å²) in [4.78, 5) is 11.8. The van der Waals surface area contributed by atoms with E-state index in [2.05, 4.69) is 4.74 Å². The molecule has 0 N–H and O–H groups in total. The Morgan fingerprint density at radius 3 is 2.56 bits per heavy atom. The maximum Gasteiger partial charge on any atom is 0.338 e. The minimum atomic E-state index is -3.42. The zero-order valence-electron chi connectivity index (χ0n) is 10.5. The number of benzene rings is 1. The first-order valence-electron chi connectivity index (χ1n) is 5.59. The van der Waals surface area contributed by atoms with Crippen molar-refractivity contribution in [2.45, 2.75) is 25.2 Å². The van der Waals surface area contributed by atoms with Crippen LogP contribution in [0.15, 0.2) is 22.4 Å². The molecule has 96 valence electrons. The molecule has 0 aliphatic carbocycles. The fourth-order valence-electron chi connectivity index (χ4n) is 2.09. The van der Waals surface area contributed by atoms with Crippen molar-refractivity contribution >= 4 is 21.4 Å². The van der Waals surface area contributed by atoms with Gasteiger partial charge in [0.1, 0.15) is 0 Å². The van der Waals surface area contributed by atoms with Gasteiger partial charge in [-0.2, -0.15) is 0 Å². The number of allylic oxidation sites excluding steroid dienone is 1. The van der Waals surface area contributed by atoms with E-state index in [1.807, 2.05) is 6.92 Å². The molecule has 4 nitrogen and oxygen atoms in total. The summed E-state index contributed by atoms with van der Waals surface area (Å²) in [5.41, 5.74) is 2.50. The number of fused-ring (bicyclic) bond motifs is 1. The molecule has 0 unspecified atom stereocenters. The van der Waals surface area contributed by atoms with Gasteiger partial charge in [-0.25, -0.2) is 13.2 Å². The summed E-state index contributed by atoms with van der Waals surface area (Å²) >= 11 is 0. The molecular weight excluding hydrogens is 252 g/mol. The van der Waals surface area contributed by atoms with E-state index in [4.69, 9.17) is 0 Å². The monoisotopic (exact) mass is 266 g/mol. The average Bonchev–Trinajstić information content (AvgIpc) is 2.58. The Hall–Kier alpha value is -1.62. The van der Waals surface area contributed by atoms with Crippen LogP contribution in [0.2, 0.25) is 0 Å². The number of carbonyl (C=O) groups is 1. The van der Waals surface area contributed by atoms with Crippen molar-refractivity contribution in [1.29, 1.82) is 0 Å². The number of hydrogen-bond acceptors (Lipinski definition) is 4.